The molecule has 0 aliphatic carbocycles. The molecule has 0 atom stereocenters. The van der Waals surface area contributed by atoms with Gasteiger partial charge in [-0.1, -0.05) is 58.0 Å². The smallest absolute Gasteiger partial charge is 0.0162 e. The first-order chi connectivity index (χ1) is 12.8. The van der Waals surface area contributed by atoms with Gasteiger partial charge in [-0.2, -0.15) is 0 Å². The van der Waals surface area contributed by atoms with Crippen LogP contribution in [-0.2, 0) is 0 Å². The van der Waals surface area contributed by atoms with Crippen molar-refractivity contribution in [3.05, 3.63) is 69.3 Å². The molecule has 2 aromatic rings. The van der Waals surface area contributed by atoms with Crippen LogP contribution in [0.25, 0.3) is 0 Å². The van der Waals surface area contributed by atoms with Crippen LogP contribution >= 0.6 is 0 Å². The molecule has 0 spiro atoms. The van der Waals surface area contributed by atoms with Gasteiger partial charge in [-0.05, 0) is 111 Å². The quantitative estimate of drug-likeness (QED) is 0.479. The fourth-order valence-corrected chi connectivity index (χ4v) is 4.47. The zero-order chi connectivity index (χ0) is 20.6. The molecule has 0 saturated heterocycles. The molecule has 0 aliphatic rings. The maximum Gasteiger partial charge on any atom is -0.0162 e. The lowest BCUT2D eigenvalue weighted by molar-refractivity contribution is 0.633. The summed E-state index contributed by atoms with van der Waals surface area (Å²) in [5.41, 5.74) is 10.5. The average molecular weight is 367 g/mol. The van der Waals surface area contributed by atoms with Crippen molar-refractivity contribution >= 4 is 0 Å². The topological polar surface area (TPSA) is 0 Å². The second-order valence-corrected chi connectivity index (χ2v) is 8.07. The van der Waals surface area contributed by atoms with Gasteiger partial charge in [-0.25, -0.2) is 0 Å². The lowest BCUT2D eigenvalue weighted by Gasteiger charge is -2.20. The van der Waals surface area contributed by atoms with Crippen molar-refractivity contribution in [2.24, 2.45) is 0 Å². The van der Waals surface area contributed by atoms with Crippen LogP contribution in [0.3, 0.4) is 0 Å². The number of benzene rings is 2. The summed E-state index contributed by atoms with van der Waals surface area (Å²) in [5, 5.41) is 0. The van der Waals surface area contributed by atoms with Gasteiger partial charge in [0.15, 0.2) is 0 Å². The Hall–Kier alpha value is -1.56. The van der Waals surface area contributed by atoms with Gasteiger partial charge in [0.1, 0.15) is 0 Å². The highest BCUT2D eigenvalue weighted by Crippen LogP contribution is 2.30. The fraction of sp³-hybridized carbons (Fsp3) is 0.556. The van der Waals surface area contributed by atoms with Gasteiger partial charge in [0.25, 0.3) is 0 Å². The first-order valence-electron chi connectivity index (χ1n) is 10.9. The summed E-state index contributed by atoms with van der Waals surface area (Å²) in [6, 6.07) is 11.1. The molecule has 0 radical (unpaired) electrons. The monoisotopic (exact) mass is 366 g/mol. The van der Waals surface area contributed by atoms with E-state index in [9.17, 15) is 0 Å². The molecule has 0 bridgehead atoms. The van der Waals surface area contributed by atoms with Crippen molar-refractivity contribution < 1.29 is 0 Å². The highest BCUT2D eigenvalue weighted by atomic mass is 14.2. The maximum absolute atomic E-state index is 2.29. The molecule has 27 heavy (non-hydrogen) atoms. The Morgan fingerprint density at radius 2 is 0.889 bits per heavy atom. The van der Waals surface area contributed by atoms with E-state index in [0.29, 0.717) is 0 Å². The Balaban J connectivity index is 0.000000271. The summed E-state index contributed by atoms with van der Waals surface area (Å²) in [5.74, 6) is 1.50. The van der Waals surface area contributed by atoms with Gasteiger partial charge < -0.3 is 0 Å². The van der Waals surface area contributed by atoms with Gasteiger partial charge in [0.05, 0.1) is 0 Å². The Kier molecular flexibility index (Phi) is 9.84. The van der Waals surface area contributed by atoms with Crippen LogP contribution in [-0.4, -0.2) is 0 Å². The largest absolute Gasteiger partial charge is 0.0648 e. The van der Waals surface area contributed by atoms with Crippen LogP contribution in [0, 0.1) is 34.6 Å². The molecule has 0 fully saturated rings. The van der Waals surface area contributed by atoms with Gasteiger partial charge in [-0.3, -0.25) is 0 Å². The van der Waals surface area contributed by atoms with E-state index in [1.807, 2.05) is 0 Å². The first kappa shape index (κ1) is 23.5. The minimum absolute atomic E-state index is 0.745. The van der Waals surface area contributed by atoms with Gasteiger partial charge in [0, 0.05) is 0 Å². The fourth-order valence-electron chi connectivity index (χ4n) is 4.47. The SMILES string of the molecule is CCC(CC)c1c(C)ccc(C)c1C.CCC(CC)c1c(C)cccc1C. The predicted molar refractivity (Wildman–Crippen MR) is 123 cm³/mol. The number of aryl methyl sites for hydroxylation is 4. The molecular formula is C27H42. The molecule has 2 rings (SSSR count). The maximum atomic E-state index is 2.29. The normalized spacial score (nSPS) is 10.9. The van der Waals surface area contributed by atoms with Crippen LogP contribution in [0.4, 0.5) is 0 Å². The van der Waals surface area contributed by atoms with E-state index in [1.54, 1.807) is 11.1 Å². The van der Waals surface area contributed by atoms with Crippen molar-refractivity contribution in [1.82, 2.24) is 0 Å². The van der Waals surface area contributed by atoms with E-state index in [-0.39, 0.29) is 0 Å². The molecule has 0 heteroatoms. The van der Waals surface area contributed by atoms with E-state index in [1.165, 1.54) is 53.5 Å². The number of hydrogen-bond acceptors (Lipinski definition) is 0. The Morgan fingerprint density at radius 1 is 0.519 bits per heavy atom. The number of hydrogen-bond donors (Lipinski definition) is 0. The summed E-state index contributed by atoms with van der Waals surface area (Å²) in [4.78, 5) is 0. The lowest BCUT2D eigenvalue weighted by Crippen LogP contribution is -2.03. The summed E-state index contributed by atoms with van der Waals surface area (Å²) >= 11 is 0. The Bertz CT molecular complexity index is 680. The first-order valence-corrected chi connectivity index (χ1v) is 10.9. The second-order valence-electron chi connectivity index (χ2n) is 8.07. The highest BCUT2D eigenvalue weighted by Gasteiger charge is 2.13. The van der Waals surface area contributed by atoms with Crippen molar-refractivity contribution in [3.8, 4) is 0 Å². The third kappa shape index (κ3) is 5.96. The number of rotatable bonds is 6. The van der Waals surface area contributed by atoms with Crippen molar-refractivity contribution in [3.63, 3.8) is 0 Å². The second kappa shape index (κ2) is 11.3. The standard InChI is InChI=1S/C14H22.C13H20/c1-6-13(7-2)14-11(4)9-8-10(3)12(14)5;1-5-12(6-2)13-10(3)8-7-9-11(13)4/h8-9,13H,6-7H2,1-5H3;7-9,12H,5-6H2,1-4H3. The van der Waals surface area contributed by atoms with E-state index in [2.05, 4.69) is 92.6 Å². The molecule has 0 saturated carbocycles. The zero-order valence-electron chi connectivity index (χ0n) is 19.4. The van der Waals surface area contributed by atoms with Crippen molar-refractivity contribution in [2.75, 3.05) is 0 Å². The third-order valence-electron chi connectivity index (χ3n) is 6.33. The van der Waals surface area contributed by atoms with Gasteiger partial charge in [0.2, 0.25) is 0 Å². The summed E-state index contributed by atoms with van der Waals surface area (Å²) in [7, 11) is 0. The molecule has 150 valence electrons. The Morgan fingerprint density at radius 3 is 1.33 bits per heavy atom. The van der Waals surface area contributed by atoms with E-state index in [0.717, 1.165) is 11.8 Å². The van der Waals surface area contributed by atoms with Gasteiger partial charge in [-0.15, -0.1) is 0 Å². The van der Waals surface area contributed by atoms with E-state index < -0.39 is 0 Å². The van der Waals surface area contributed by atoms with Crippen LogP contribution in [0.2, 0.25) is 0 Å². The summed E-state index contributed by atoms with van der Waals surface area (Å²) < 4.78 is 0. The molecule has 0 amide bonds. The van der Waals surface area contributed by atoms with Gasteiger partial charge >= 0.3 is 0 Å². The van der Waals surface area contributed by atoms with Crippen LogP contribution in [0.1, 0.15) is 104 Å². The van der Waals surface area contributed by atoms with E-state index >= 15 is 0 Å². The molecule has 0 unspecified atom stereocenters. The van der Waals surface area contributed by atoms with Crippen molar-refractivity contribution in [1.29, 1.82) is 0 Å². The molecule has 0 nitrogen and oxygen atoms in total. The molecule has 0 N–H and O–H groups in total. The minimum Gasteiger partial charge on any atom is -0.0648 e. The van der Waals surface area contributed by atoms with Crippen LogP contribution in [0.15, 0.2) is 30.3 Å². The summed E-state index contributed by atoms with van der Waals surface area (Å²) in [6.07, 6.45) is 5.01. The minimum atomic E-state index is 0.745. The zero-order valence-corrected chi connectivity index (χ0v) is 19.4. The van der Waals surface area contributed by atoms with Crippen LogP contribution in [0.5, 0.6) is 0 Å². The molecule has 0 aromatic heterocycles. The molecule has 2 aromatic carbocycles. The average Bonchev–Trinajstić information content (AvgIpc) is 2.65. The molecule has 0 aliphatic heterocycles. The van der Waals surface area contributed by atoms with Crippen molar-refractivity contribution in [2.45, 2.75) is 99.8 Å². The predicted octanol–water partition coefficient (Wildman–Crippen LogP) is 8.72. The van der Waals surface area contributed by atoms with E-state index in [4.69, 9.17) is 0 Å². The molecular weight excluding hydrogens is 324 g/mol. The lowest BCUT2D eigenvalue weighted by atomic mass is 9.85. The third-order valence-corrected chi connectivity index (χ3v) is 6.33. The highest BCUT2D eigenvalue weighted by molar-refractivity contribution is 5.41. The van der Waals surface area contributed by atoms with Crippen LogP contribution < -0.4 is 0 Å². The summed E-state index contributed by atoms with van der Waals surface area (Å²) in [6.45, 7) is 20.3. The Labute approximate surface area is 169 Å². The molecule has 0 heterocycles.